The van der Waals surface area contributed by atoms with Gasteiger partial charge >= 0.3 is 27.0 Å². The van der Waals surface area contributed by atoms with Gasteiger partial charge < -0.3 is 5.11 Å². The Morgan fingerprint density at radius 1 is 1.43 bits per heavy atom. The quantitative estimate of drug-likeness (QED) is 0.632. The van der Waals surface area contributed by atoms with Crippen LogP contribution >= 0.6 is 0 Å². The molecule has 0 bridgehead atoms. The molecular weight excluding hydrogens is 227 g/mol. The third-order valence-corrected chi connectivity index (χ3v) is 1.53. The van der Waals surface area contributed by atoms with Crippen molar-refractivity contribution in [3.63, 3.8) is 0 Å². The van der Waals surface area contributed by atoms with E-state index in [0.29, 0.717) is 5.56 Å². The summed E-state index contributed by atoms with van der Waals surface area (Å²) in [5.74, 6) is -1.00. The number of benzene rings is 1. The first-order valence-corrected chi connectivity index (χ1v) is 4.47. The fraction of sp³-hybridized carbons (Fsp3) is 0.100. The van der Waals surface area contributed by atoms with Crippen molar-refractivity contribution in [3.05, 3.63) is 41.6 Å². The zero-order valence-corrected chi connectivity index (χ0v) is 8.71. The Bertz CT molecular complexity index is 295. The number of carbonyl (C=O) groups is 1. The van der Waals surface area contributed by atoms with E-state index >= 15 is 0 Å². The number of hydrogen-bond donors (Lipinski definition) is 1. The van der Waals surface area contributed by atoms with Gasteiger partial charge in [-0.25, -0.2) is 4.79 Å². The summed E-state index contributed by atoms with van der Waals surface area (Å²) in [6, 6.07) is 5.64. The third-order valence-electron chi connectivity index (χ3n) is 1.53. The summed E-state index contributed by atoms with van der Waals surface area (Å²) in [5.41, 5.74) is 3.58. The van der Waals surface area contributed by atoms with Crippen LogP contribution in [0.25, 0.3) is 0 Å². The molecule has 14 heavy (non-hydrogen) atoms. The maximum atomic E-state index is 12.5. The Morgan fingerprint density at radius 2 is 1.86 bits per heavy atom. The van der Waals surface area contributed by atoms with E-state index in [2.05, 4.69) is 21.0 Å². The van der Waals surface area contributed by atoms with Gasteiger partial charge in [0, 0.05) is 5.56 Å². The Hall–Kier alpha value is -1.12. The molecule has 0 aliphatic heterocycles. The first kappa shape index (κ1) is 12.9. The summed E-state index contributed by atoms with van der Waals surface area (Å²) in [7, 11) is 0. The van der Waals surface area contributed by atoms with E-state index in [1.165, 1.54) is 31.2 Å². The van der Waals surface area contributed by atoms with Gasteiger partial charge in [0.1, 0.15) is 0 Å². The van der Waals surface area contributed by atoms with Crippen LogP contribution in [0.5, 0.6) is 0 Å². The van der Waals surface area contributed by atoms with Crippen molar-refractivity contribution in [1.82, 2.24) is 0 Å². The van der Waals surface area contributed by atoms with Gasteiger partial charge in [-0.15, -0.1) is 12.1 Å². The predicted molar refractivity (Wildman–Crippen MR) is 49.6 cm³/mol. The number of carboxylic acid groups (broad SMARTS) is 1. The summed E-state index contributed by atoms with van der Waals surface area (Å²) < 4.78 is 12.5. The molecule has 2 nitrogen and oxygen atoms in total. The Kier molecular flexibility index (Phi) is 5.84. The molecule has 0 radical (unpaired) electrons. The Morgan fingerprint density at radius 3 is 2.14 bits per heavy atom. The summed E-state index contributed by atoms with van der Waals surface area (Å²) >= 11 is 3.00. The molecule has 0 saturated carbocycles. The molecule has 0 heterocycles. The minimum atomic E-state index is -1.00. The van der Waals surface area contributed by atoms with Crippen LogP contribution < -0.4 is 0 Å². The van der Waals surface area contributed by atoms with E-state index in [9.17, 15) is 9.18 Å². The van der Waals surface area contributed by atoms with Gasteiger partial charge in [-0.2, -0.15) is 17.7 Å². The van der Waals surface area contributed by atoms with E-state index in [-0.39, 0.29) is 11.7 Å². The van der Waals surface area contributed by atoms with E-state index in [0.717, 1.165) is 0 Å². The fourth-order valence-electron chi connectivity index (χ4n) is 0.842. The molecule has 0 spiro atoms. The standard InChI is InChI=1S/C9H8FO2.CH2.Fe/c1-6(10)7-2-4-8(5-3-7)9(11)12;;/h2-5H,1H3,(H,11,12);1H2;/q-1;;+1. The van der Waals surface area contributed by atoms with Gasteiger partial charge in [-0.3, -0.25) is 4.39 Å². The molecule has 0 aromatic heterocycles. The molecule has 0 unspecified atom stereocenters. The minimum absolute atomic E-state index is 0.167. The van der Waals surface area contributed by atoms with E-state index in [1.807, 2.05) is 0 Å². The van der Waals surface area contributed by atoms with Crippen molar-refractivity contribution >= 4 is 11.4 Å². The summed E-state index contributed by atoms with van der Waals surface area (Å²) in [4.78, 5) is 10.4. The molecule has 4 heteroatoms. The number of carboxylic acids is 1. The Balaban J connectivity index is 0.000000791. The molecule has 0 aliphatic carbocycles. The predicted octanol–water partition coefficient (Wildman–Crippen LogP) is 2.22. The normalized spacial score (nSPS) is 8.43. The first-order chi connectivity index (χ1) is 6.61. The molecule has 0 saturated heterocycles. The van der Waals surface area contributed by atoms with Gasteiger partial charge in [-0.05, 0) is 6.17 Å². The maximum absolute atomic E-state index is 12.5. The summed E-state index contributed by atoms with van der Waals surface area (Å²) in [6.45, 7) is 1.33. The second-order valence-corrected chi connectivity index (χ2v) is 2.42. The van der Waals surface area contributed by atoms with Gasteiger partial charge in [0.05, 0.1) is 0 Å². The zero-order chi connectivity index (χ0) is 11.1. The van der Waals surface area contributed by atoms with E-state index < -0.39 is 5.97 Å². The molecule has 0 fully saturated rings. The molecule has 1 aromatic rings. The summed E-state index contributed by atoms with van der Waals surface area (Å²) in [6.07, 6.45) is -0.313. The molecule has 1 N–H and O–H groups in total. The van der Waals surface area contributed by atoms with Crippen LogP contribution in [-0.2, 0) is 15.6 Å². The number of rotatable bonds is 2. The molecule has 0 aliphatic rings. The van der Waals surface area contributed by atoms with Crippen molar-refractivity contribution in [2.24, 2.45) is 0 Å². The average Bonchev–Trinajstić information content (AvgIpc) is 2.21. The van der Waals surface area contributed by atoms with Crippen LogP contribution in [0.15, 0.2) is 24.3 Å². The molecule has 0 amide bonds. The van der Waals surface area contributed by atoms with Crippen molar-refractivity contribution in [2.75, 3.05) is 0 Å². The molecule has 1 aromatic carbocycles. The molecular formula is C10H10FFeO2. The average molecular weight is 237 g/mol. The van der Waals surface area contributed by atoms with Crippen LogP contribution in [0.4, 0.5) is 4.39 Å². The van der Waals surface area contributed by atoms with Gasteiger partial charge in [0.2, 0.25) is 0 Å². The number of halogens is 1. The van der Waals surface area contributed by atoms with Gasteiger partial charge in [0.25, 0.3) is 0 Å². The van der Waals surface area contributed by atoms with Crippen molar-refractivity contribution in [2.45, 2.75) is 6.92 Å². The molecule has 77 valence electrons. The molecule has 1 rings (SSSR count). The number of aromatic carboxylic acids is 1. The van der Waals surface area contributed by atoms with Crippen LogP contribution in [0.1, 0.15) is 22.8 Å². The van der Waals surface area contributed by atoms with Crippen LogP contribution in [-0.4, -0.2) is 16.5 Å². The second kappa shape index (κ2) is 6.35. The van der Waals surface area contributed by atoms with Crippen LogP contribution in [0.3, 0.4) is 0 Å². The topological polar surface area (TPSA) is 37.3 Å². The SMILES string of the molecule is C[C-](F)c1ccc(C(=O)O)cc1.[CH2]=[Fe+]. The monoisotopic (exact) mass is 237 g/mol. The van der Waals surface area contributed by atoms with E-state index in [4.69, 9.17) is 5.11 Å². The van der Waals surface area contributed by atoms with Crippen LogP contribution in [0, 0.1) is 6.17 Å². The molecule has 0 atom stereocenters. The van der Waals surface area contributed by atoms with E-state index in [1.54, 1.807) is 0 Å². The van der Waals surface area contributed by atoms with Crippen molar-refractivity contribution in [3.8, 4) is 0 Å². The fourth-order valence-corrected chi connectivity index (χ4v) is 0.842. The van der Waals surface area contributed by atoms with Gasteiger partial charge in [-0.1, -0.05) is 6.92 Å². The summed E-state index contributed by atoms with van der Waals surface area (Å²) in [5, 5.41) is 8.51. The Labute approximate surface area is 90.1 Å². The number of hydrogen-bond acceptors (Lipinski definition) is 1. The zero-order valence-electron chi connectivity index (χ0n) is 7.60. The third kappa shape index (κ3) is 3.73. The van der Waals surface area contributed by atoms with Crippen LogP contribution in [0.2, 0.25) is 0 Å². The van der Waals surface area contributed by atoms with Gasteiger partial charge in [0.15, 0.2) is 0 Å². The van der Waals surface area contributed by atoms with Crippen molar-refractivity contribution in [1.29, 1.82) is 0 Å². The first-order valence-electron chi connectivity index (χ1n) is 3.69. The second-order valence-electron chi connectivity index (χ2n) is 2.42. The van der Waals surface area contributed by atoms with Crippen molar-refractivity contribution < 1.29 is 29.9 Å².